The molecule has 1 saturated carbocycles. The maximum absolute atomic E-state index is 12.9. The summed E-state index contributed by atoms with van der Waals surface area (Å²) in [6, 6.07) is 18.7. The lowest BCUT2D eigenvalue weighted by Crippen LogP contribution is -2.28. The number of ether oxygens (including phenoxy) is 1. The number of nitrogens with one attached hydrogen (secondary N) is 1. The molecule has 1 aliphatic carbocycles. The van der Waals surface area contributed by atoms with E-state index in [0.29, 0.717) is 23.6 Å². The molecule has 3 atom stereocenters. The summed E-state index contributed by atoms with van der Waals surface area (Å²) in [4.78, 5) is 21.7. The minimum absolute atomic E-state index is 0.139. The number of benzene rings is 2. The predicted molar refractivity (Wildman–Crippen MR) is 175 cm³/mol. The van der Waals surface area contributed by atoms with E-state index in [9.17, 15) is 4.79 Å². The molecular weight excluding hydrogens is 520 g/mol. The normalized spacial score (nSPS) is 19.4. The van der Waals surface area contributed by atoms with Gasteiger partial charge in [0.05, 0.1) is 5.92 Å². The zero-order valence-corrected chi connectivity index (χ0v) is 26.1. The maximum Gasteiger partial charge on any atom is 0.246 e. The number of rotatable bonds is 14. The topological polar surface area (TPSA) is 69.0 Å². The Labute approximate surface area is 252 Å². The number of hydrogen-bond acceptors (Lipinski definition) is 5. The molecule has 2 aliphatic rings. The van der Waals surface area contributed by atoms with Crippen LogP contribution in [-0.4, -0.2) is 66.9 Å². The minimum atomic E-state index is -0.172. The van der Waals surface area contributed by atoms with E-state index in [0.717, 1.165) is 67.2 Å². The molecule has 6 nitrogen and oxygen atoms in total. The van der Waals surface area contributed by atoms with Gasteiger partial charge in [-0.15, -0.1) is 0 Å². The Morgan fingerprint density at radius 1 is 1.10 bits per heavy atom. The summed E-state index contributed by atoms with van der Waals surface area (Å²) in [5, 5.41) is 8.64. The van der Waals surface area contributed by atoms with Crippen molar-refractivity contribution in [2.45, 2.75) is 58.9 Å². The second-order valence-electron chi connectivity index (χ2n) is 11.9. The van der Waals surface area contributed by atoms with Crippen molar-refractivity contribution >= 4 is 22.9 Å². The van der Waals surface area contributed by atoms with Crippen LogP contribution in [0.2, 0.25) is 0 Å². The van der Waals surface area contributed by atoms with E-state index in [1.807, 2.05) is 67.3 Å². The maximum atomic E-state index is 12.9. The van der Waals surface area contributed by atoms with Crippen LogP contribution in [-0.2, 0) is 4.79 Å². The molecule has 6 heteroatoms. The average Bonchev–Trinajstić information content (AvgIpc) is 3.74. The molecule has 1 aliphatic heterocycles. The van der Waals surface area contributed by atoms with Crippen LogP contribution in [0.25, 0.3) is 5.57 Å². The lowest BCUT2D eigenvalue weighted by molar-refractivity contribution is -0.125. The van der Waals surface area contributed by atoms with Crippen molar-refractivity contribution in [1.82, 2.24) is 9.80 Å². The van der Waals surface area contributed by atoms with Crippen LogP contribution in [0.15, 0.2) is 77.8 Å². The van der Waals surface area contributed by atoms with Gasteiger partial charge in [-0.3, -0.25) is 14.7 Å². The number of hydrogen-bond donors (Lipinski definition) is 1. The zero-order valence-electron chi connectivity index (χ0n) is 26.1. The Kier molecular flexibility index (Phi) is 11.3. The third kappa shape index (κ3) is 8.51. The second kappa shape index (κ2) is 15.1. The number of carbonyl (C=O) groups excluding carboxylic acids is 1. The summed E-state index contributed by atoms with van der Waals surface area (Å²) in [6.45, 7) is 8.62. The fourth-order valence-electron chi connectivity index (χ4n) is 6.08. The molecule has 1 N–H and O–H groups in total. The van der Waals surface area contributed by atoms with Crippen LogP contribution in [0.4, 0.5) is 0 Å². The highest BCUT2D eigenvalue weighted by molar-refractivity contribution is 6.13. The molecule has 1 heterocycles. The molecule has 2 aromatic carbocycles. The fourth-order valence-corrected chi connectivity index (χ4v) is 6.08. The van der Waals surface area contributed by atoms with Gasteiger partial charge in [-0.1, -0.05) is 55.8 Å². The van der Waals surface area contributed by atoms with Crippen molar-refractivity contribution in [2.24, 2.45) is 22.7 Å². The second-order valence-corrected chi connectivity index (χ2v) is 11.9. The lowest BCUT2D eigenvalue weighted by Gasteiger charge is -2.24. The lowest BCUT2D eigenvalue weighted by atomic mass is 9.81. The van der Waals surface area contributed by atoms with Gasteiger partial charge in [-0.2, -0.15) is 0 Å². The van der Waals surface area contributed by atoms with Gasteiger partial charge in [0.25, 0.3) is 0 Å². The Balaban J connectivity index is 1.47. The monoisotopic (exact) mass is 568 g/mol. The number of likely N-dealkylation sites (tertiary alicyclic amines) is 1. The largest absolute Gasteiger partial charge is 0.457 e. The van der Waals surface area contributed by atoms with Crippen LogP contribution < -0.4 is 4.74 Å². The fraction of sp³-hybridized carbons (Fsp3) is 0.472. The molecule has 0 radical (unpaired) electrons. The van der Waals surface area contributed by atoms with Gasteiger partial charge < -0.3 is 15.0 Å². The number of aliphatic imine (C=N–C) groups is 1. The Morgan fingerprint density at radius 2 is 1.79 bits per heavy atom. The number of nitrogens with zero attached hydrogens (tertiary/aromatic N) is 3. The standard InChI is InChI=1S/C36H48N4O2/c1-6-28(30-22-24-40(25-30)35(41)13-10-23-39(5)31-17-18-31)16-21-34(36(26(2)37)27(3)38-4)29-14-19-33(20-15-29)42-32-11-8-7-9-12-32/h7-15,19-21,28,30-31,36-37H,6,16-18,22-25H2,1-5H3. The summed E-state index contributed by atoms with van der Waals surface area (Å²) in [5.74, 6) is 2.49. The molecular formula is C36H48N4O2. The van der Waals surface area contributed by atoms with Gasteiger partial charge in [0.1, 0.15) is 11.5 Å². The van der Waals surface area contributed by atoms with Crippen LogP contribution in [0.3, 0.4) is 0 Å². The van der Waals surface area contributed by atoms with E-state index in [1.165, 1.54) is 12.8 Å². The summed E-state index contributed by atoms with van der Waals surface area (Å²) >= 11 is 0. The molecule has 0 bridgehead atoms. The highest BCUT2D eigenvalue weighted by Crippen LogP contribution is 2.34. The molecule has 42 heavy (non-hydrogen) atoms. The van der Waals surface area contributed by atoms with E-state index >= 15 is 0 Å². The van der Waals surface area contributed by atoms with Crippen LogP contribution in [0.1, 0.15) is 58.4 Å². The van der Waals surface area contributed by atoms with E-state index < -0.39 is 0 Å². The van der Waals surface area contributed by atoms with Gasteiger partial charge >= 0.3 is 0 Å². The van der Waals surface area contributed by atoms with Gasteiger partial charge in [0, 0.05) is 50.2 Å². The molecule has 1 saturated heterocycles. The van der Waals surface area contributed by atoms with E-state index in [2.05, 4.69) is 42.1 Å². The highest BCUT2D eigenvalue weighted by atomic mass is 16.5. The molecule has 1 amide bonds. The van der Waals surface area contributed by atoms with Crippen molar-refractivity contribution in [1.29, 1.82) is 5.41 Å². The molecule has 3 unspecified atom stereocenters. The quantitative estimate of drug-likeness (QED) is 0.189. The molecule has 2 fully saturated rings. The molecule has 0 spiro atoms. The Bertz CT molecular complexity index is 1280. The van der Waals surface area contributed by atoms with Crippen molar-refractivity contribution in [3.05, 3.63) is 78.4 Å². The first-order valence-corrected chi connectivity index (χ1v) is 15.5. The summed E-state index contributed by atoms with van der Waals surface area (Å²) in [5.41, 5.74) is 3.71. The average molecular weight is 569 g/mol. The van der Waals surface area contributed by atoms with Gasteiger partial charge in [0.2, 0.25) is 5.91 Å². The first-order valence-electron chi connectivity index (χ1n) is 15.5. The predicted octanol–water partition coefficient (Wildman–Crippen LogP) is 7.52. The molecule has 224 valence electrons. The molecule has 4 rings (SSSR count). The summed E-state index contributed by atoms with van der Waals surface area (Å²) < 4.78 is 6.03. The smallest absolute Gasteiger partial charge is 0.246 e. The van der Waals surface area contributed by atoms with Crippen molar-refractivity contribution < 1.29 is 9.53 Å². The van der Waals surface area contributed by atoms with Gasteiger partial charge in [-0.25, -0.2) is 0 Å². The van der Waals surface area contributed by atoms with Crippen LogP contribution >= 0.6 is 0 Å². The number of carbonyl (C=O) groups is 1. The van der Waals surface area contributed by atoms with E-state index in [-0.39, 0.29) is 11.8 Å². The van der Waals surface area contributed by atoms with Crippen molar-refractivity contribution in [3.8, 4) is 11.5 Å². The SMILES string of the molecule is CCC(CC=C(c1ccc(Oc2ccccc2)cc1)C(C(C)=N)C(C)=NC)C1CCN(C(=O)C=CCN(C)C2CC2)C1. The van der Waals surface area contributed by atoms with Gasteiger partial charge in [0.15, 0.2) is 0 Å². The van der Waals surface area contributed by atoms with Crippen molar-refractivity contribution in [2.75, 3.05) is 33.7 Å². The Morgan fingerprint density at radius 3 is 2.40 bits per heavy atom. The third-order valence-electron chi connectivity index (χ3n) is 8.87. The molecule has 2 aromatic rings. The first kappa shape index (κ1) is 31.4. The zero-order chi connectivity index (χ0) is 30.1. The summed E-state index contributed by atoms with van der Waals surface area (Å²) in [7, 11) is 3.94. The van der Waals surface area contributed by atoms with E-state index in [1.54, 1.807) is 13.1 Å². The summed E-state index contributed by atoms with van der Waals surface area (Å²) in [6.07, 6.45) is 11.7. The van der Waals surface area contributed by atoms with E-state index in [4.69, 9.17) is 10.1 Å². The first-order chi connectivity index (χ1) is 20.3. The number of allylic oxidation sites excluding steroid dienone is 2. The van der Waals surface area contributed by atoms with Crippen LogP contribution in [0.5, 0.6) is 11.5 Å². The van der Waals surface area contributed by atoms with Crippen LogP contribution in [0, 0.1) is 23.2 Å². The third-order valence-corrected chi connectivity index (χ3v) is 8.87. The minimum Gasteiger partial charge on any atom is -0.457 e. The number of para-hydroxylation sites is 1. The number of amides is 1. The highest BCUT2D eigenvalue weighted by Gasteiger charge is 2.31. The molecule has 0 aromatic heterocycles. The van der Waals surface area contributed by atoms with Crippen molar-refractivity contribution in [3.63, 3.8) is 0 Å². The van der Waals surface area contributed by atoms with Gasteiger partial charge in [-0.05, 0) is 93.8 Å². The number of likely N-dealkylation sites (N-methyl/N-ethyl adjacent to an activating group) is 1. The Hall–Kier alpha value is -3.51.